The molecule has 0 bridgehead atoms. The summed E-state index contributed by atoms with van der Waals surface area (Å²) in [6, 6.07) is 3.40. The molecule has 5 nitrogen and oxygen atoms in total. The van der Waals surface area contributed by atoms with Crippen LogP contribution in [0.15, 0.2) is 23.1 Å². The molecule has 0 saturated carbocycles. The van der Waals surface area contributed by atoms with Crippen LogP contribution in [0.25, 0.3) is 0 Å². The van der Waals surface area contributed by atoms with Gasteiger partial charge in [0.1, 0.15) is 6.10 Å². The number of aromatic nitrogens is 1. The molecule has 2 N–H and O–H groups in total. The highest BCUT2D eigenvalue weighted by molar-refractivity contribution is 5.33. The number of hydrogen-bond donors (Lipinski definition) is 1. The van der Waals surface area contributed by atoms with Gasteiger partial charge in [-0.3, -0.25) is 4.79 Å². The van der Waals surface area contributed by atoms with E-state index in [1.165, 1.54) is 0 Å². The zero-order valence-corrected chi connectivity index (χ0v) is 9.26. The van der Waals surface area contributed by atoms with Gasteiger partial charge in [0.05, 0.1) is 18.3 Å². The minimum absolute atomic E-state index is 0.00903. The summed E-state index contributed by atoms with van der Waals surface area (Å²) in [5.41, 5.74) is 5.72. The Kier molecular flexibility index (Phi) is 3.26. The van der Waals surface area contributed by atoms with Crippen molar-refractivity contribution < 1.29 is 9.47 Å². The molecule has 0 radical (unpaired) electrons. The Morgan fingerprint density at radius 1 is 1.62 bits per heavy atom. The first-order chi connectivity index (χ1) is 7.74. The van der Waals surface area contributed by atoms with E-state index in [0.29, 0.717) is 13.2 Å². The molecule has 0 aliphatic carbocycles. The molecule has 2 atom stereocenters. The van der Waals surface area contributed by atoms with Crippen LogP contribution >= 0.6 is 0 Å². The van der Waals surface area contributed by atoms with E-state index in [4.69, 9.17) is 15.2 Å². The Morgan fingerprint density at radius 3 is 3.19 bits per heavy atom. The summed E-state index contributed by atoms with van der Waals surface area (Å²) in [6.45, 7) is 1.16. The molecule has 0 spiro atoms. The first kappa shape index (κ1) is 11.2. The van der Waals surface area contributed by atoms with Crippen molar-refractivity contribution >= 4 is 5.69 Å². The number of anilines is 1. The van der Waals surface area contributed by atoms with Crippen molar-refractivity contribution in [2.45, 2.75) is 18.6 Å². The summed E-state index contributed by atoms with van der Waals surface area (Å²) in [5.74, 6) is 0. The molecule has 0 aromatic carbocycles. The Balaban J connectivity index is 2.34. The van der Waals surface area contributed by atoms with Crippen LogP contribution in [0, 0.1) is 0 Å². The van der Waals surface area contributed by atoms with Crippen molar-refractivity contribution in [3.05, 3.63) is 28.7 Å². The Hall–Kier alpha value is -1.33. The van der Waals surface area contributed by atoms with Gasteiger partial charge in [0, 0.05) is 19.9 Å². The Bertz CT molecular complexity index is 416. The monoisotopic (exact) mass is 224 g/mol. The zero-order valence-electron chi connectivity index (χ0n) is 9.26. The molecule has 1 saturated heterocycles. The number of nitrogen functional groups attached to an aromatic ring is 1. The number of rotatable bonds is 2. The standard InChI is InChI=1S/C11H16N2O3/c1-15-10-7-16-6-4-9(10)13-5-2-3-8(12)11(13)14/h2-3,5,9-10H,4,6-7,12H2,1H3/t9-,10+/m0/s1. The lowest BCUT2D eigenvalue weighted by Crippen LogP contribution is -2.40. The van der Waals surface area contributed by atoms with Gasteiger partial charge in [-0.25, -0.2) is 0 Å². The molecule has 2 rings (SSSR count). The van der Waals surface area contributed by atoms with Crippen molar-refractivity contribution in [1.82, 2.24) is 4.57 Å². The number of methoxy groups -OCH3 is 1. The fraction of sp³-hybridized carbons (Fsp3) is 0.545. The quantitative estimate of drug-likeness (QED) is 0.790. The van der Waals surface area contributed by atoms with Gasteiger partial charge in [-0.05, 0) is 18.6 Å². The molecule has 1 fully saturated rings. The van der Waals surface area contributed by atoms with Crippen LogP contribution in [0.5, 0.6) is 0 Å². The summed E-state index contributed by atoms with van der Waals surface area (Å²) < 4.78 is 12.3. The summed E-state index contributed by atoms with van der Waals surface area (Å²) in [6.07, 6.45) is 2.43. The predicted octanol–water partition coefficient (Wildman–Crippen LogP) is 0.407. The van der Waals surface area contributed by atoms with E-state index in [-0.39, 0.29) is 23.4 Å². The average molecular weight is 224 g/mol. The van der Waals surface area contributed by atoms with Gasteiger partial charge in [0.15, 0.2) is 0 Å². The van der Waals surface area contributed by atoms with Crippen LogP contribution in [-0.2, 0) is 9.47 Å². The fourth-order valence-corrected chi connectivity index (χ4v) is 2.03. The lowest BCUT2D eigenvalue weighted by Gasteiger charge is -2.31. The molecule has 1 aliphatic rings. The number of nitrogens with zero attached hydrogens (tertiary/aromatic N) is 1. The van der Waals surface area contributed by atoms with Crippen molar-refractivity contribution in [3.8, 4) is 0 Å². The van der Waals surface area contributed by atoms with Gasteiger partial charge in [-0.2, -0.15) is 0 Å². The lowest BCUT2D eigenvalue weighted by molar-refractivity contribution is -0.0608. The largest absolute Gasteiger partial charge is 0.394 e. The summed E-state index contributed by atoms with van der Waals surface area (Å²) >= 11 is 0. The van der Waals surface area contributed by atoms with Gasteiger partial charge >= 0.3 is 0 Å². The second kappa shape index (κ2) is 4.67. The molecule has 16 heavy (non-hydrogen) atoms. The smallest absolute Gasteiger partial charge is 0.274 e. The van der Waals surface area contributed by atoms with Crippen LogP contribution in [0.4, 0.5) is 5.69 Å². The number of ether oxygens (including phenoxy) is 2. The van der Waals surface area contributed by atoms with Crippen LogP contribution in [0.1, 0.15) is 12.5 Å². The molecular weight excluding hydrogens is 208 g/mol. The molecule has 88 valence electrons. The van der Waals surface area contributed by atoms with Crippen molar-refractivity contribution in [2.24, 2.45) is 0 Å². The van der Waals surface area contributed by atoms with Gasteiger partial charge in [0.25, 0.3) is 5.56 Å². The normalized spacial score (nSPS) is 25.6. The average Bonchev–Trinajstić information content (AvgIpc) is 2.33. The maximum absolute atomic E-state index is 11.9. The summed E-state index contributed by atoms with van der Waals surface area (Å²) in [4.78, 5) is 11.9. The van der Waals surface area contributed by atoms with Crippen molar-refractivity contribution in [1.29, 1.82) is 0 Å². The second-order valence-corrected chi connectivity index (χ2v) is 3.88. The number of hydrogen-bond acceptors (Lipinski definition) is 4. The highest BCUT2D eigenvalue weighted by Crippen LogP contribution is 2.22. The molecule has 5 heteroatoms. The van der Waals surface area contributed by atoms with Crippen LogP contribution < -0.4 is 11.3 Å². The highest BCUT2D eigenvalue weighted by Gasteiger charge is 2.27. The third kappa shape index (κ3) is 1.96. The second-order valence-electron chi connectivity index (χ2n) is 3.88. The van der Waals surface area contributed by atoms with Gasteiger partial charge in [-0.1, -0.05) is 0 Å². The number of pyridine rings is 1. The molecule has 1 aliphatic heterocycles. The molecule has 1 aromatic rings. The van der Waals surface area contributed by atoms with E-state index < -0.39 is 0 Å². The first-order valence-corrected chi connectivity index (χ1v) is 5.31. The minimum Gasteiger partial charge on any atom is -0.394 e. The Morgan fingerprint density at radius 2 is 2.44 bits per heavy atom. The SMILES string of the molecule is CO[C@@H]1COCC[C@@H]1n1cccc(N)c1=O. The zero-order chi connectivity index (χ0) is 11.5. The molecule has 0 amide bonds. The van der Waals surface area contributed by atoms with E-state index in [2.05, 4.69) is 0 Å². The van der Waals surface area contributed by atoms with Crippen molar-refractivity contribution in [3.63, 3.8) is 0 Å². The third-order valence-corrected chi connectivity index (χ3v) is 2.93. The first-order valence-electron chi connectivity index (χ1n) is 5.31. The topological polar surface area (TPSA) is 66.5 Å². The molecule has 0 unspecified atom stereocenters. The summed E-state index contributed by atoms with van der Waals surface area (Å²) in [5, 5.41) is 0. The summed E-state index contributed by atoms with van der Waals surface area (Å²) in [7, 11) is 1.63. The Labute approximate surface area is 93.8 Å². The highest BCUT2D eigenvalue weighted by atomic mass is 16.5. The maximum atomic E-state index is 11.9. The van der Waals surface area contributed by atoms with Crippen LogP contribution in [0.3, 0.4) is 0 Å². The van der Waals surface area contributed by atoms with Gasteiger partial charge in [-0.15, -0.1) is 0 Å². The van der Waals surface area contributed by atoms with E-state index in [1.54, 1.807) is 30.0 Å². The van der Waals surface area contributed by atoms with Crippen LogP contribution in [-0.4, -0.2) is 31.0 Å². The van der Waals surface area contributed by atoms with Crippen LogP contribution in [0.2, 0.25) is 0 Å². The predicted molar refractivity (Wildman–Crippen MR) is 60.4 cm³/mol. The third-order valence-electron chi connectivity index (χ3n) is 2.93. The molecule has 1 aromatic heterocycles. The minimum atomic E-state index is -0.156. The van der Waals surface area contributed by atoms with E-state index in [0.717, 1.165) is 6.42 Å². The fourth-order valence-electron chi connectivity index (χ4n) is 2.03. The number of nitrogens with two attached hydrogens (primary N) is 1. The van der Waals surface area contributed by atoms with E-state index >= 15 is 0 Å². The van der Waals surface area contributed by atoms with E-state index in [9.17, 15) is 4.79 Å². The maximum Gasteiger partial charge on any atom is 0.274 e. The van der Waals surface area contributed by atoms with E-state index in [1.807, 2.05) is 0 Å². The molecular formula is C11H16N2O3. The van der Waals surface area contributed by atoms with Gasteiger partial charge < -0.3 is 19.8 Å². The molecule has 2 heterocycles. The van der Waals surface area contributed by atoms with Crippen molar-refractivity contribution in [2.75, 3.05) is 26.1 Å². The van der Waals surface area contributed by atoms with Gasteiger partial charge in [0.2, 0.25) is 0 Å². The lowest BCUT2D eigenvalue weighted by atomic mass is 10.1.